The first-order chi connectivity index (χ1) is 3.66. The van der Waals surface area contributed by atoms with E-state index in [0.29, 0.717) is 0 Å². The van der Waals surface area contributed by atoms with Gasteiger partial charge in [0.1, 0.15) is 6.42 Å². The minimum atomic E-state index is -1.17. The maximum absolute atomic E-state index is 10.0. The number of ether oxygens (including phenoxy) is 1. The fourth-order valence-electron chi connectivity index (χ4n) is 0.196. The molecule has 0 aromatic heterocycles. The summed E-state index contributed by atoms with van der Waals surface area (Å²) in [6, 6.07) is 0. The van der Waals surface area contributed by atoms with E-state index >= 15 is 0 Å². The van der Waals surface area contributed by atoms with Gasteiger partial charge < -0.3 is 9.84 Å². The maximum atomic E-state index is 10.0. The van der Waals surface area contributed by atoms with Crippen LogP contribution < -0.4 is 0 Å². The summed E-state index contributed by atoms with van der Waals surface area (Å²) in [6.45, 7) is 0. The van der Waals surface area contributed by atoms with Gasteiger partial charge in [0, 0.05) is 58.2 Å². The van der Waals surface area contributed by atoms with Gasteiger partial charge in [-0.3, -0.25) is 9.59 Å². The quantitative estimate of drug-likeness (QED) is 0.474. The molecule has 0 saturated heterocycles. The van der Waals surface area contributed by atoms with Crippen LogP contribution in [0.15, 0.2) is 0 Å². The zero-order valence-corrected chi connectivity index (χ0v) is 10.3. The molecule has 0 amide bonds. The molecule has 0 fully saturated rings. The molecular formula is C4H6O4Rb. The van der Waals surface area contributed by atoms with E-state index in [2.05, 4.69) is 4.74 Å². The monoisotopic (exact) mass is 203 g/mol. The number of carbonyl (C=O) groups is 2. The SMILES string of the molecule is COC(=O)CC(=O)O.[Rb]. The smallest absolute Gasteiger partial charge is 0.316 e. The van der Waals surface area contributed by atoms with Gasteiger partial charge in [-0.05, 0) is 0 Å². The number of methoxy groups -OCH3 is 1. The Morgan fingerprint density at radius 2 is 2.00 bits per heavy atom. The number of carbonyl (C=O) groups excluding carboxylic acids is 1. The van der Waals surface area contributed by atoms with Crippen LogP contribution in [0.1, 0.15) is 6.42 Å². The summed E-state index contributed by atoms with van der Waals surface area (Å²) in [7, 11) is 1.14. The van der Waals surface area contributed by atoms with E-state index in [4.69, 9.17) is 5.11 Å². The topological polar surface area (TPSA) is 63.6 Å². The zero-order valence-electron chi connectivity index (χ0n) is 5.38. The summed E-state index contributed by atoms with van der Waals surface area (Å²) in [5.74, 6) is -1.89. The van der Waals surface area contributed by atoms with E-state index in [1.165, 1.54) is 0 Å². The Morgan fingerprint density at radius 1 is 1.56 bits per heavy atom. The number of esters is 1. The zero-order chi connectivity index (χ0) is 6.57. The summed E-state index contributed by atoms with van der Waals surface area (Å²) >= 11 is 0. The van der Waals surface area contributed by atoms with Gasteiger partial charge in [-0.15, -0.1) is 0 Å². The van der Waals surface area contributed by atoms with Crippen molar-refractivity contribution >= 4 is 70.1 Å². The van der Waals surface area contributed by atoms with Gasteiger partial charge in [0.15, 0.2) is 0 Å². The Morgan fingerprint density at radius 3 is 2.11 bits per heavy atom. The molecule has 47 valence electrons. The first-order valence-corrected chi connectivity index (χ1v) is 1.95. The Kier molecular flexibility index (Phi) is 9.47. The second-order valence-electron chi connectivity index (χ2n) is 1.15. The Labute approximate surface area is 101 Å². The first kappa shape index (κ1) is 12.4. The molecule has 4 nitrogen and oxygen atoms in total. The number of aliphatic carboxylic acids is 1. The average molecular weight is 204 g/mol. The predicted molar refractivity (Wildman–Crippen MR) is 30.0 cm³/mol. The van der Waals surface area contributed by atoms with E-state index < -0.39 is 18.4 Å². The Balaban J connectivity index is 0. The van der Waals surface area contributed by atoms with Crippen LogP contribution in [0.3, 0.4) is 0 Å². The third-order valence-electron chi connectivity index (χ3n) is 0.523. The third kappa shape index (κ3) is 8.75. The average Bonchev–Trinajstić information content (AvgIpc) is 1.65. The minimum Gasteiger partial charge on any atom is -0.481 e. The predicted octanol–water partition coefficient (Wildman–Crippen LogP) is -0.747. The van der Waals surface area contributed by atoms with Crippen molar-refractivity contribution in [2.24, 2.45) is 0 Å². The number of carboxylic acids is 1. The van der Waals surface area contributed by atoms with Crippen LogP contribution in [-0.2, 0) is 14.3 Å². The van der Waals surface area contributed by atoms with Crippen molar-refractivity contribution < 1.29 is 19.4 Å². The molecule has 0 saturated carbocycles. The van der Waals surface area contributed by atoms with Gasteiger partial charge in [0.05, 0.1) is 7.11 Å². The number of hydrogen-bond acceptors (Lipinski definition) is 3. The van der Waals surface area contributed by atoms with Crippen molar-refractivity contribution in [1.29, 1.82) is 0 Å². The van der Waals surface area contributed by atoms with Crippen molar-refractivity contribution in [3.63, 3.8) is 0 Å². The van der Waals surface area contributed by atoms with Crippen molar-refractivity contribution in [1.82, 2.24) is 0 Å². The molecule has 0 atom stereocenters. The van der Waals surface area contributed by atoms with Crippen LogP contribution in [0.25, 0.3) is 0 Å². The third-order valence-corrected chi connectivity index (χ3v) is 0.523. The molecule has 0 unspecified atom stereocenters. The normalized spacial score (nSPS) is 7.22. The van der Waals surface area contributed by atoms with Crippen molar-refractivity contribution in [3.05, 3.63) is 0 Å². The summed E-state index contributed by atoms with van der Waals surface area (Å²) in [6.07, 6.45) is -0.559. The summed E-state index contributed by atoms with van der Waals surface area (Å²) in [5.41, 5.74) is 0. The second kappa shape index (κ2) is 6.86. The Hall–Kier alpha value is 0.745. The van der Waals surface area contributed by atoms with Crippen molar-refractivity contribution in [3.8, 4) is 0 Å². The van der Waals surface area contributed by atoms with Gasteiger partial charge in [0.25, 0.3) is 0 Å². The van der Waals surface area contributed by atoms with Gasteiger partial charge in [-0.25, -0.2) is 0 Å². The molecule has 9 heavy (non-hydrogen) atoms. The molecule has 1 radical (unpaired) electrons. The molecule has 0 aliphatic heterocycles. The molecule has 0 aliphatic carbocycles. The molecule has 0 aliphatic rings. The van der Waals surface area contributed by atoms with Crippen LogP contribution in [0.4, 0.5) is 0 Å². The molecule has 0 rings (SSSR count). The molecule has 0 aromatic carbocycles. The summed E-state index contributed by atoms with van der Waals surface area (Å²) in [4.78, 5) is 19.7. The van der Waals surface area contributed by atoms with E-state index in [1.807, 2.05) is 0 Å². The maximum Gasteiger partial charge on any atom is 0.316 e. The van der Waals surface area contributed by atoms with Crippen LogP contribution >= 0.6 is 0 Å². The van der Waals surface area contributed by atoms with Gasteiger partial charge >= 0.3 is 11.9 Å². The van der Waals surface area contributed by atoms with E-state index in [-0.39, 0.29) is 58.2 Å². The van der Waals surface area contributed by atoms with E-state index in [0.717, 1.165) is 7.11 Å². The standard InChI is InChI=1S/C4H6O4.Rb/c1-8-4(7)2-3(5)6;/h2H2,1H3,(H,5,6);. The minimum absolute atomic E-state index is 0. The fourth-order valence-corrected chi connectivity index (χ4v) is 0.196. The molecule has 0 heterocycles. The summed E-state index contributed by atoms with van der Waals surface area (Å²) in [5, 5.41) is 7.91. The van der Waals surface area contributed by atoms with Crippen molar-refractivity contribution in [2.45, 2.75) is 6.42 Å². The van der Waals surface area contributed by atoms with Gasteiger partial charge in [-0.2, -0.15) is 0 Å². The molecule has 0 spiro atoms. The van der Waals surface area contributed by atoms with E-state index in [1.54, 1.807) is 0 Å². The van der Waals surface area contributed by atoms with Gasteiger partial charge in [0.2, 0.25) is 0 Å². The largest absolute Gasteiger partial charge is 0.481 e. The molecule has 0 aromatic rings. The van der Waals surface area contributed by atoms with E-state index in [9.17, 15) is 9.59 Å². The molecule has 5 heteroatoms. The summed E-state index contributed by atoms with van der Waals surface area (Å²) < 4.78 is 4.04. The Bertz CT molecular complexity index is 111. The van der Waals surface area contributed by atoms with Crippen LogP contribution in [0.5, 0.6) is 0 Å². The van der Waals surface area contributed by atoms with Gasteiger partial charge in [-0.1, -0.05) is 0 Å². The van der Waals surface area contributed by atoms with Crippen molar-refractivity contribution in [2.75, 3.05) is 7.11 Å². The fraction of sp³-hybridized carbons (Fsp3) is 0.500. The number of carboxylic acid groups (broad SMARTS) is 1. The van der Waals surface area contributed by atoms with Crippen LogP contribution in [0.2, 0.25) is 0 Å². The molecule has 0 bridgehead atoms. The second-order valence-corrected chi connectivity index (χ2v) is 1.15. The first-order valence-electron chi connectivity index (χ1n) is 1.95. The number of hydrogen-bond donors (Lipinski definition) is 1. The van der Waals surface area contributed by atoms with Crippen LogP contribution in [0, 0.1) is 0 Å². The molecular weight excluding hydrogens is 198 g/mol. The molecule has 1 N–H and O–H groups in total. The van der Waals surface area contributed by atoms with Crippen LogP contribution in [-0.4, -0.2) is 82.3 Å². The number of rotatable bonds is 2.